The number of nitrogens with one attached hydrogen (secondary N) is 1. The van der Waals surface area contributed by atoms with Gasteiger partial charge in [0.15, 0.2) is 5.78 Å². The second-order valence-electron chi connectivity index (χ2n) is 8.85. The number of Topliss-reactive ketones (excluding diaryl/α,β-unsaturated/α-hetero) is 1. The number of ketones is 1. The van der Waals surface area contributed by atoms with Gasteiger partial charge in [0.1, 0.15) is 5.69 Å². The van der Waals surface area contributed by atoms with Crippen LogP contribution < -0.4 is 11.1 Å². The van der Waals surface area contributed by atoms with Crippen molar-refractivity contribution in [3.8, 4) is 0 Å². The molecule has 2 aromatic heterocycles. The Hall–Kier alpha value is -3.27. The maximum absolute atomic E-state index is 13.1. The van der Waals surface area contributed by atoms with E-state index in [9.17, 15) is 9.59 Å². The Labute approximate surface area is 216 Å². The lowest BCUT2D eigenvalue weighted by molar-refractivity contribution is 0.0346. The van der Waals surface area contributed by atoms with E-state index in [1.54, 1.807) is 12.3 Å². The summed E-state index contributed by atoms with van der Waals surface area (Å²) in [6.07, 6.45) is 2.69. The van der Waals surface area contributed by atoms with E-state index < -0.39 is 0 Å². The number of hydrogen-bond donors (Lipinski definition) is 2. The third-order valence-electron chi connectivity index (χ3n) is 6.22. The Morgan fingerprint density at radius 3 is 2.58 bits per heavy atom. The molecule has 0 atom stereocenters. The van der Waals surface area contributed by atoms with E-state index in [-0.39, 0.29) is 18.2 Å². The van der Waals surface area contributed by atoms with Crippen LogP contribution in [0.1, 0.15) is 27.2 Å². The van der Waals surface area contributed by atoms with Gasteiger partial charge in [0, 0.05) is 63.0 Å². The average molecular weight is 508 g/mol. The number of carbonyl (C=O) groups is 2. The predicted octanol–water partition coefficient (Wildman–Crippen LogP) is 3.24. The molecule has 36 heavy (non-hydrogen) atoms. The fourth-order valence-corrected chi connectivity index (χ4v) is 4.80. The van der Waals surface area contributed by atoms with Crippen LogP contribution in [-0.4, -0.2) is 72.5 Å². The van der Waals surface area contributed by atoms with E-state index in [1.165, 1.54) is 16.9 Å². The van der Waals surface area contributed by atoms with E-state index in [2.05, 4.69) is 27.3 Å². The standard InChI is InChI=1S/C27H33N5O3S/c28-24-20-36-19-23(24)16-26(33)25-7-6-22(17-30-25)18-32(11-10-31-12-14-35-15-13-31)27(34)29-9-8-21-4-2-1-3-5-21/h1-7,17,19-20H,8-16,18,28H2,(H,29,34). The Balaban J connectivity index is 1.35. The fraction of sp³-hybridized carbons (Fsp3) is 0.370. The van der Waals surface area contributed by atoms with E-state index in [4.69, 9.17) is 10.5 Å². The largest absolute Gasteiger partial charge is 0.398 e. The number of nitrogens with zero attached hydrogens (tertiary/aromatic N) is 3. The zero-order valence-electron chi connectivity index (χ0n) is 20.4. The number of carbonyl (C=O) groups excluding carboxylic acids is 2. The zero-order valence-corrected chi connectivity index (χ0v) is 21.2. The molecule has 1 aliphatic rings. The van der Waals surface area contributed by atoms with Crippen molar-refractivity contribution in [1.82, 2.24) is 20.1 Å². The number of aromatic nitrogens is 1. The van der Waals surface area contributed by atoms with Gasteiger partial charge in [-0.3, -0.25) is 14.7 Å². The number of pyridine rings is 1. The number of ether oxygens (including phenoxy) is 1. The Morgan fingerprint density at radius 1 is 1.08 bits per heavy atom. The molecule has 3 N–H and O–H groups in total. The highest BCUT2D eigenvalue weighted by Gasteiger charge is 2.18. The molecule has 0 spiro atoms. The summed E-state index contributed by atoms with van der Waals surface area (Å²) < 4.78 is 5.44. The summed E-state index contributed by atoms with van der Waals surface area (Å²) >= 11 is 1.48. The smallest absolute Gasteiger partial charge is 0.317 e. The van der Waals surface area contributed by atoms with Gasteiger partial charge in [0.25, 0.3) is 0 Å². The SMILES string of the molecule is Nc1cscc1CC(=O)c1ccc(CN(CCN2CCOCC2)C(=O)NCCc2ccccc2)cn1. The molecule has 190 valence electrons. The van der Waals surface area contributed by atoms with E-state index in [0.717, 1.165) is 50.4 Å². The topological polar surface area (TPSA) is 101 Å². The molecule has 8 nitrogen and oxygen atoms in total. The van der Waals surface area contributed by atoms with Gasteiger partial charge in [0.05, 0.1) is 13.2 Å². The van der Waals surface area contributed by atoms with Gasteiger partial charge in [-0.2, -0.15) is 0 Å². The number of morpholine rings is 1. The number of nitrogen functional groups attached to an aromatic ring is 1. The van der Waals surface area contributed by atoms with Crippen LogP contribution >= 0.6 is 11.3 Å². The van der Waals surface area contributed by atoms with Gasteiger partial charge in [0.2, 0.25) is 0 Å². The highest BCUT2D eigenvalue weighted by molar-refractivity contribution is 7.08. The van der Waals surface area contributed by atoms with Gasteiger partial charge in [-0.05, 0) is 34.6 Å². The van der Waals surface area contributed by atoms with Crippen LogP contribution in [0.15, 0.2) is 59.4 Å². The molecule has 3 heterocycles. The minimum Gasteiger partial charge on any atom is -0.398 e. The summed E-state index contributed by atoms with van der Waals surface area (Å²) in [6, 6.07) is 13.6. The lowest BCUT2D eigenvalue weighted by atomic mass is 10.1. The molecule has 0 saturated carbocycles. The van der Waals surface area contributed by atoms with Crippen molar-refractivity contribution in [2.24, 2.45) is 0 Å². The third kappa shape index (κ3) is 7.61. The van der Waals surface area contributed by atoms with Crippen molar-refractivity contribution in [1.29, 1.82) is 0 Å². The number of anilines is 1. The fourth-order valence-electron chi connectivity index (χ4n) is 4.05. The highest BCUT2D eigenvalue weighted by atomic mass is 32.1. The van der Waals surface area contributed by atoms with Crippen LogP contribution in [0.25, 0.3) is 0 Å². The van der Waals surface area contributed by atoms with E-state index >= 15 is 0 Å². The van der Waals surface area contributed by atoms with Crippen molar-refractivity contribution in [2.75, 3.05) is 51.7 Å². The molecule has 3 aromatic rings. The normalized spacial score (nSPS) is 13.9. The van der Waals surface area contributed by atoms with Crippen LogP contribution in [-0.2, 0) is 24.1 Å². The molecule has 1 aliphatic heterocycles. The Morgan fingerprint density at radius 2 is 1.89 bits per heavy atom. The van der Waals surface area contributed by atoms with Crippen LogP contribution in [0, 0.1) is 0 Å². The van der Waals surface area contributed by atoms with Crippen LogP contribution in [0.5, 0.6) is 0 Å². The summed E-state index contributed by atoms with van der Waals surface area (Å²) in [5, 5.41) is 6.78. The van der Waals surface area contributed by atoms with Gasteiger partial charge in [-0.1, -0.05) is 36.4 Å². The van der Waals surface area contributed by atoms with Gasteiger partial charge >= 0.3 is 6.03 Å². The van der Waals surface area contributed by atoms with Crippen LogP contribution in [0.3, 0.4) is 0 Å². The quantitative estimate of drug-likeness (QED) is 0.387. The van der Waals surface area contributed by atoms with Crippen LogP contribution in [0.4, 0.5) is 10.5 Å². The van der Waals surface area contributed by atoms with Gasteiger partial charge in [-0.15, -0.1) is 11.3 Å². The molecule has 1 saturated heterocycles. The maximum atomic E-state index is 13.1. The minimum absolute atomic E-state index is 0.0746. The molecule has 9 heteroatoms. The zero-order chi connectivity index (χ0) is 25.2. The molecule has 1 aromatic carbocycles. The predicted molar refractivity (Wildman–Crippen MR) is 142 cm³/mol. The van der Waals surface area contributed by atoms with E-state index in [1.807, 2.05) is 39.9 Å². The number of thiophene rings is 1. The van der Waals surface area contributed by atoms with Gasteiger partial charge < -0.3 is 20.7 Å². The molecular weight excluding hydrogens is 474 g/mol. The first kappa shape index (κ1) is 25.8. The first-order valence-corrected chi connectivity index (χ1v) is 13.2. The first-order chi connectivity index (χ1) is 17.6. The van der Waals surface area contributed by atoms with Gasteiger partial charge in [-0.25, -0.2) is 4.79 Å². The molecule has 0 radical (unpaired) electrons. The molecule has 4 rings (SSSR count). The third-order valence-corrected chi connectivity index (χ3v) is 7.03. The minimum atomic E-state index is -0.104. The van der Waals surface area contributed by atoms with Crippen molar-refractivity contribution in [3.63, 3.8) is 0 Å². The number of amides is 2. The summed E-state index contributed by atoms with van der Waals surface area (Å²) in [5.74, 6) is -0.0746. The van der Waals surface area contributed by atoms with Crippen molar-refractivity contribution < 1.29 is 14.3 Å². The summed E-state index contributed by atoms with van der Waals surface area (Å²) in [7, 11) is 0. The Bertz CT molecular complexity index is 1110. The average Bonchev–Trinajstić information content (AvgIpc) is 3.32. The second-order valence-corrected chi connectivity index (χ2v) is 9.59. The summed E-state index contributed by atoms with van der Waals surface area (Å²) in [5.41, 5.74) is 9.84. The number of hydrogen-bond acceptors (Lipinski definition) is 7. The molecular formula is C27H33N5O3S. The van der Waals surface area contributed by atoms with Crippen molar-refractivity contribution >= 4 is 28.8 Å². The second kappa shape index (κ2) is 13.2. The number of urea groups is 1. The molecule has 0 unspecified atom stereocenters. The van der Waals surface area contributed by atoms with Crippen molar-refractivity contribution in [2.45, 2.75) is 19.4 Å². The number of benzene rings is 1. The molecule has 0 bridgehead atoms. The lowest BCUT2D eigenvalue weighted by Crippen LogP contribution is -2.46. The van der Waals surface area contributed by atoms with Crippen molar-refractivity contribution in [3.05, 3.63) is 81.8 Å². The summed E-state index contributed by atoms with van der Waals surface area (Å²) in [6.45, 7) is 5.54. The summed E-state index contributed by atoms with van der Waals surface area (Å²) in [4.78, 5) is 34.2. The number of rotatable bonds is 11. The Kier molecular flexibility index (Phi) is 9.43. The molecule has 2 amide bonds. The first-order valence-electron chi connectivity index (χ1n) is 12.2. The lowest BCUT2D eigenvalue weighted by Gasteiger charge is -2.30. The molecule has 1 fully saturated rings. The van der Waals surface area contributed by atoms with E-state index in [0.29, 0.717) is 31.0 Å². The monoisotopic (exact) mass is 507 g/mol. The molecule has 0 aliphatic carbocycles. The van der Waals surface area contributed by atoms with Crippen LogP contribution in [0.2, 0.25) is 0 Å². The number of nitrogens with two attached hydrogens (primary N) is 1. The maximum Gasteiger partial charge on any atom is 0.317 e. The highest BCUT2D eigenvalue weighted by Crippen LogP contribution is 2.19.